The van der Waals surface area contributed by atoms with Gasteiger partial charge in [0.1, 0.15) is 5.78 Å². The van der Waals surface area contributed by atoms with E-state index in [1.807, 2.05) is 0 Å². The van der Waals surface area contributed by atoms with Crippen LogP contribution in [0.5, 0.6) is 0 Å². The molecule has 0 aromatic heterocycles. The number of aliphatic hydroxyl groups excluding tert-OH is 1. The van der Waals surface area contributed by atoms with Crippen LogP contribution in [0.15, 0.2) is 12.2 Å². The minimum absolute atomic E-state index is 0.0373. The lowest BCUT2D eigenvalue weighted by molar-refractivity contribution is -0.196. The van der Waals surface area contributed by atoms with Crippen LogP contribution in [0, 0.1) is 17.8 Å². The second-order valence-electron chi connectivity index (χ2n) is 9.14. The van der Waals surface area contributed by atoms with Crippen molar-refractivity contribution in [1.29, 1.82) is 0 Å². The molecule has 0 aromatic carbocycles. The van der Waals surface area contributed by atoms with E-state index in [9.17, 15) is 19.1 Å². The van der Waals surface area contributed by atoms with Gasteiger partial charge in [0, 0.05) is 19.4 Å². The fraction of sp³-hybridized carbons (Fsp3) is 0.833. The Kier molecular flexibility index (Phi) is 10.5. The summed E-state index contributed by atoms with van der Waals surface area (Å²) in [6.45, 7) is 0. The van der Waals surface area contributed by atoms with E-state index in [0.717, 1.165) is 38.7 Å². The maximum absolute atomic E-state index is 14.4. The number of hydrogen-bond acceptors (Lipinski definition) is 4. The van der Waals surface area contributed by atoms with Gasteiger partial charge in [-0.3, -0.25) is 4.79 Å². The molecule has 2 saturated carbocycles. The van der Waals surface area contributed by atoms with Gasteiger partial charge in [0.2, 0.25) is 0 Å². The minimum atomic E-state index is -2.79. The van der Waals surface area contributed by atoms with E-state index in [0.29, 0.717) is 31.0 Å². The molecule has 2 N–H and O–H groups in total. The molecule has 2 rings (SSSR count). The van der Waals surface area contributed by atoms with E-state index in [4.69, 9.17) is 5.11 Å². The van der Waals surface area contributed by atoms with Gasteiger partial charge in [0.05, 0.1) is 0 Å². The smallest absolute Gasteiger partial charge is 0.346 e. The summed E-state index contributed by atoms with van der Waals surface area (Å²) < 4.78 is 18.9. The first-order valence-electron chi connectivity index (χ1n) is 11.7. The van der Waals surface area contributed by atoms with Crippen molar-refractivity contribution in [2.24, 2.45) is 17.8 Å². The Balaban J connectivity index is 1.67. The number of carbonyl (C=O) groups excluding carboxylic acids is 1. The maximum Gasteiger partial charge on any atom is 0.346 e. The van der Waals surface area contributed by atoms with Crippen molar-refractivity contribution < 1.29 is 28.9 Å². The number of unbranched alkanes of at least 4 members (excludes halogenated alkanes) is 3. The lowest BCUT2D eigenvalue weighted by Gasteiger charge is -2.25. The highest BCUT2D eigenvalue weighted by atomic mass is 19.1. The Morgan fingerprint density at radius 2 is 1.93 bits per heavy atom. The third-order valence-electron chi connectivity index (χ3n) is 7.02. The summed E-state index contributed by atoms with van der Waals surface area (Å²) in [5.74, 6) is -0.126. The average Bonchev–Trinajstić information content (AvgIpc) is 3.37. The van der Waals surface area contributed by atoms with Crippen LogP contribution in [0.2, 0.25) is 0 Å². The maximum atomic E-state index is 14.4. The highest BCUT2D eigenvalue weighted by molar-refractivity contribution is 5.83. The molecule has 2 aliphatic rings. The molecular weight excluding hydrogens is 387 g/mol. The van der Waals surface area contributed by atoms with E-state index < -0.39 is 17.9 Å². The zero-order valence-electron chi connectivity index (χ0n) is 18.4. The number of rotatable bonds is 14. The first-order chi connectivity index (χ1) is 14.4. The SMILES string of the molecule is COC(O)C(F)(CCCCC[C@H]1C(=O)CC[C@@H]1C=CCCCC1CCCC1)C(=O)O. The number of halogens is 1. The Bertz CT molecular complexity index is 572. The van der Waals surface area contributed by atoms with E-state index in [2.05, 4.69) is 16.9 Å². The van der Waals surface area contributed by atoms with Crippen LogP contribution in [0.3, 0.4) is 0 Å². The van der Waals surface area contributed by atoms with E-state index >= 15 is 0 Å². The number of ether oxygens (including phenoxy) is 1. The first-order valence-corrected chi connectivity index (χ1v) is 11.7. The fourth-order valence-electron chi connectivity index (χ4n) is 5.08. The van der Waals surface area contributed by atoms with Gasteiger partial charge in [-0.1, -0.05) is 57.1 Å². The molecule has 6 heteroatoms. The number of methoxy groups -OCH3 is 1. The van der Waals surface area contributed by atoms with Gasteiger partial charge in [-0.05, 0) is 50.4 Å². The molecular formula is C24H39FO5. The van der Waals surface area contributed by atoms with Crippen LogP contribution in [0.25, 0.3) is 0 Å². The largest absolute Gasteiger partial charge is 0.479 e. The lowest BCUT2D eigenvalue weighted by Crippen LogP contribution is -2.46. The molecule has 2 fully saturated rings. The van der Waals surface area contributed by atoms with Crippen molar-refractivity contribution in [3.8, 4) is 0 Å². The number of ketones is 1. The van der Waals surface area contributed by atoms with Crippen molar-refractivity contribution in [1.82, 2.24) is 0 Å². The standard InChI is InChI=1S/C24H39FO5/c1-30-23(29)24(25,22(27)28)17-9-3-6-14-20-19(15-16-21(20)26)13-5-2-4-10-18-11-7-8-12-18/h5,13,18-20,23,29H,2-4,6-12,14-17H2,1H3,(H,27,28)/t19-,20+,23?,24?/m0/s1. The number of hydrogen-bond donors (Lipinski definition) is 2. The fourth-order valence-corrected chi connectivity index (χ4v) is 5.08. The van der Waals surface area contributed by atoms with Crippen LogP contribution >= 0.6 is 0 Å². The molecule has 0 heterocycles. The number of carbonyl (C=O) groups is 2. The number of carboxylic acids is 1. The Morgan fingerprint density at radius 3 is 2.60 bits per heavy atom. The van der Waals surface area contributed by atoms with E-state index in [1.165, 1.54) is 38.5 Å². The molecule has 0 spiro atoms. The van der Waals surface area contributed by atoms with Gasteiger partial charge in [-0.2, -0.15) is 0 Å². The van der Waals surface area contributed by atoms with Gasteiger partial charge < -0.3 is 14.9 Å². The molecule has 0 aromatic rings. The average molecular weight is 427 g/mol. The molecule has 2 aliphatic carbocycles. The van der Waals surface area contributed by atoms with Gasteiger partial charge >= 0.3 is 5.97 Å². The van der Waals surface area contributed by atoms with E-state index in [1.54, 1.807) is 0 Å². The van der Waals surface area contributed by atoms with Crippen LogP contribution in [-0.2, 0) is 14.3 Å². The predicted molar refractivity (Wildman–Crippen MR) is 114 cm³/mol. The number of aliphatic hydroxyl groups is 1. The second kappa shape index (κ2) is 12.6. The molecule has 0 aliphatic heterocycles. The molecule has 30 heavy (non-hydrogen) atoms. The zero-order chi connectivity index (χ0) is 22.0. The molecule has 4 atom stereocenters. The lowest BCUT2D eigenvalue weighted by atomic mass is 9.88. The quantitative estimate of drug-likeness (QED) is 0.226. The number of allylic oxidation sites excluding steroid dienone is 2. The highest BCUT2D eigenvalue weighted by Gasteiger charge is 2.46. The van der Waals surface area contributed by atoms with Gasteiger partial charge in [0.25, 0.3) is 5.67 Å². The Hall–Kier alpha value is -1.27. The first kappa shape index (κ1) is 25.0. The highest BCUT2D eigenvalue weighted by Crippen LogP contribution is 2.35. The van der Waals surface area contributed by atoms with Crippen LogP contribution in [0.4, 0.5) is 4.39 Å². The summed E-state index contributed by atoms with van der Waals surface area (Å²) in [5.41, 5.74) is -2.79. The predicted octanol–water partition coefficient (Wildman–Crippen LogP) is 5.21. The molecule has 0 amide bonds. The third-order valence-corrected chi connectivity index (χ3v) is 7.02. The number of aliphatic carboxylic acids is 1. The Morgan fingerprint density at radius 1 is 1.20 bits per heavy atom. The topological polar surface area (TPSA) is 83.8 Å². The third kappa shape index (κ3) is 7.16. The van der Waals surface area contributed by atoms with Crippen molar-refractivity contribution >= 4 is 11.8 Å². The molecule has 0 radical (unpaired) electrons. The zero-order valence-corrected chi connectivity index (χ0v) is 18.4. The molecule has 5 nitrogen and oxygen atoms in total. The summed E-state index contributed by atoms with van der Waals surface area (Å²) in [4.78, 5) is 23.4. The van der Waals surface area contributed by atoms with Crippen molar-refractivity contribution in [3.63, 3.8) is 0 Å². The number of Topliss-reactive ketones (excluding diaryl/α,β-unsaturated/α-hetero) is 1. The summed E-state index contributed by atoms with van der Waals surface area (Å²) >= 11 is 0. The van der Waals surface area contributed by atoms with Crippen molar-refractivity contribution in [3.05, 3.63) is 12.2 Å². The van der Waals surface area contributed by atoms with Crippen molar-refractivity contribution in [2.45, 2.75) is 102 Å². The number of carboxylic acid groups (broad SMARTS) is 1. The second-order valence-corrected chi connectivity index (χ2v) is 9.14. The van der Waals surface area contributed by atoms with Crippen molar-refractivity contribution in [2.75, 3.05) is 7.11 Å². The summed E-state index contributed by atoms with van der Waals surface area (Å²) in [7, 11) is 1.08. The number of alkyl halides is 1. The van der Waals surface area contributed by atoms with Crippen LogP contribution in [0.1, 0.15) is 89.9 Å². The molecule has 172 valence electrons. The van der Waals surface area contributed by atoms with Gasteiger partial charge in [-0.15, -0.1) is 0 Å². The van der Waals surface area contributed by atoms with E-state index in [-0.39, 0.29) is 12.3 Å². The molecule has 0 bridgehead atoms. The van der Waals surface area contributed by atoms with Gasteiger partial charge in [-0.25, -0.2) is 9.18 Å². The van der Waals surface area contributed by atoms with Gasteiger partial charge in [0.15, 0.2) is 6.29 Å². The Labute approximate surface area is 180 Å². The molecule has 0 saturated heterocycles. The van der Waals surface area contributed by atoms with Crippen LogP contribution < -0.4 is 0 Å². The minimum Gasteiger partial charge on any atom is -0.479 e. The summed E-state index contributed by atoms with van der Waals surface area (Å²) in [6.07, 6.45) is 15.4. The molecule has 2 unspecified atom stereocenters. The van der Waals surface area contributed by atoms with Crippen LogP contribution in [-0.4, -0.2) is 41.0 Å². The monoisotopic (exact) mass is 426 g/mol. The summed E-state index contributed by atoms with van der Waals surface area (Å²) in [6, 6.07) is 0. The summed E-state index contributed by atoms with van der Waals surface area (Å²) in [5, 5.41) is 18.5. The normalized spacial score (nSPS) is 25.8.